The first-order valence-corrected chi connectivity index (χ1v) is 8.73. The third-order valence-corrected chi connectivity index (χ3v) is 4.22. The highest BCUT2D eigenvalue weighted by Crippen LogP contribution is 2.31. The van der Waals surface area contributed by atoms with Crippen LogP contribution < -0.4 is 19.5 Å². The first-order chi connectivity index (χ1) is 12.7. The maximum absolute atomic E-state index is 12.4. The third-order valence-electron chi connectivity index (χ3n) is 4.22. The van der Waals surface area contributed by atoms with Crippen LogP contribution in [0.2, 0.25) is 0 Å². The molecule has 1 amide bonds. The fourth-order valence-corrected chi connectivity index (χ4v) is 2.89. The van der Waals surface area contributed by atoms with Crippen LogP contribution in [0.5, 0.6) is 17.2 Å². The highest BCUT2D eigenvalue weighted by molar-refractivity contribution is 5.93. The van der Waals surface area contributed by atoms with Crippen molar-refractivity contribution in [3.63, 3.8) is 0 Å². The van der Waals surface area contributed by atoms with Gasteiger partial charge < -0.3 is 19.5 Å². The lowest BCUT2D eigenvalue weighted by molar-refractivity contribution is -0.117. The van der Waals surface area contributed by atoms with Gasteiger partial charge in [0.2, 0.25) is 5.91 Å². The zero-order valence-corrected chi connectivity index (χ0v) is 15.1. The number of fused-ring (bicyclic) bond motifs is 1. The van der Waals surface area contributed by atoms with Crippen LogP contribution in [0.15, 0.2) is 48.5 Å². The van der Waals surface area contributed by atoms with E-state index in [2.05, 4.69) is 5.32 Å². The molecule has 6 nitrogen and oxygen atoms in total. The van der Waals surface area contributed by atoms with Gasteiger partial charge in [-0.15, -0.1) is 0 Å². The van der Waals surface area contributed by atoms with E-state index in [9.17, 15) is 4.79 Å². The Bertz CT molecular complexity index is 750. The van der Waals surface area contributed by atoms with Crippen molar-refractivity contribution in [2.75, 3.05) is 38.7 Å². The molecule has 6 heteroatoms. The van der Waals surface area contributed by atoms with Gasteiger partial charge in [0, 0.05) is 6.54 Å². The Morgan fingerprint density at radius 2 is 1.92 bits per heavy atom. The minimum atomic E-state index is -0.107. The number of hydrogen-bond acceptors (Lipinski definition) is 5. The van der Waals surface area contributed by atoms with Gasteiger partial charge in [0.05, 0.1) is 19.3 Å². The Kier molecular flexibility index (Phi) is 5.96. The number of benzene rings is 2. The summed E-state index contributed by atoms with van der Waals surface area (Å²) in [6.45, 7) is 4.12. The summed E-state index contributed by atoms with van der Waals surface area (Å²) in [6, 6.07) is 15.0. The van der Waals surface area contributed by atoms with E-state index in [0.29, 0.717) is 24.6 Å². The number of methoxy groups -OCH3 is 1. The predicted octanol–water partition coefficient (Wildman–Crippen LogP) is 2.80. The minimum absolute atomic E-state index is 0.0894. The molecule has 0 saturated carbocycles. The van der Waals surface area contributed by atoms with E-state index in [0.717, 1.165) is 18.0 Å². The molecule has 2 aromatic carbocycles. The number of nitrogens with one attached hydrogen (secondary N) is 1. The van der Waals surface area contributed by atoms with Gasteiger partial charge in [-0.05, 0) is 30.8 Å². The summed E-state index contributed by atoms with van der Waals surface area (Å²) >= 11 is 0. The molecule has 0 fully saturated rings. The van der Waals surface area contributed by atoms with Gasteiger partial charge in [0.1, 0.15) is 18.5 Å². The first kappa shape index (κ1) is 18.1. The van der Waals surface area contributed by atoms with E-state index in [1.807, 2.05) is 60.4 Å². The Morgan fingerprint density at radius 1 is 1.19 bits per heavy atom. The molecule has 2 aromatic rings. The lowest BCUT2D eigenvalue weighted by atomic mass is 10.2. The number of para-hydroxylation sites is 4. The molecule has 0 bridgehead atoms. The van der Waals surface area contributed by atoms with Crippen LogP contribution >= 0.6 is 0 Å². The van der Waals surface area contributed by atoms with Crippen LogP contribution in [0.4, 0.5) is 5.69 Å². The van der Waals surface area contributed by atoms with Gasteiger partial charge >= 0.3 is 0 Å². The maximum Gasteiger partial charge on any atom is 0.238 e. The molecular weight excluding hydrogens is 332 g/mol. The van der Waals surface area contributed by atoms with E-state index in [-0.39, 0.29) is 18.6 Å². The molecule has 0 saturated heterocycles. The number of carbonyl (C=O) groups is 1. The molecule has 0 radical (unpaired) electrons. The second kappa shape index (κ2) is 8.58. The maximum atomic E-state index is 12.4. The number of amides is 1. The summed E-state index contributed by atoms with van der Waals surface area (Å²) in [4.78, 5) is 14.4. The van der Waals surface area contributed by atoms with Crippen LogP contribution in [-0.2, 0) is 4.79 Å². The molecule has 1 atom stereocenters. The van der Waals surface area contributed by atoms with Crippen molar-refractivity contribution in [3.05, 3.63) is 48.5 Å². The topological polar surface area (TPSA) is 60.0 Å². The smallest absolute Gasteiger partial charge is 0.238 e. The van der Waals surface area contributed by atoms with Crippen molar-refractivity contribution in [3.8, 4) is 17.2 Å². The Balaban J connectivity index is 1.55. The first-order valence-electron chi connectivity index (χ1n) is 8.73. The van der Waals surface area contributed by atoms with E-state index in [1.54, 1.807) is 7.11 Å². The van der Waals surface area contributed by atoms with Crippen LogP contribution in [-0.4, -0.2) is 50.3 Å². The van der Waals surface area contributed by atoms with Crippen molar-refractivity contribution in [1.29, 1.82) is 0 Å². The second-order valence-corrected chi connectivity index (χ2v) is 6.07. The van der Waals surface area contributed by atoms with Gasteiger partial charge in [0.15, 0.2) is 11.5 Å². The average molecular weight is 356 g/mol. The Morgan fingerprint density at radius 3 is 2.69 bits per heavy atom. The van der Waals surface area contributed by atoms with Gasteiger partial charge in [-0.3, -0.25) is 9.69 Å². The number of carbonyl (C=O) groups excluding carboxylic acids is 1. The Hall–Kier alpha value is -2.73. The SMILES string of the molecule is CCN(CC(=O)Nc1ccccc1OC)CC1COc2ccccc2O1. The zero-order chi connectivity index (χ0) is 18.4. The lowest BCUT2D eigenvalue weighted by Gasteiger charge is -2.30. The van der Waals surface area contributed by atoms with Crippen molar-refractivity contribution < 1.29 is 19.0 Å². The van der Waals surface area contributed by atoms with Crippen molar-refractivity contribution in [2.45, 2.75) is 13.0 Å². The number of likely N-dealkylation sites (N-methyl/N-ethyl adjacent to an activating group) is 1. The predicted molar refractivity (Wildman–Crippen MR) is 100 cm³/mol. The van der Waals surface area contributed by atoms with Gasteiger partial charge in [-0.1, -0.05) is 31.2 Å². The summed E-state index contributed by atoms with van der Waals surface area (Å²) in [5, 5.41) is 2.90. The molecule has 1 N–H and O–H groups in total. The zero-order valence-electron chi connectivity index (χ0n) is 15.1. The second-order valence-electron chi connectivity index (χ2n) is 6.07. The quantitative estimate of drug-likeness (QED) is 0.827. The summed E-state index contributed by atoms with van der Waals surface area (Å²) in [5.74, 6) is 2.07. The fourth-order valence-electron chi connectivity index (χ4n) is 2.89. The van der Waals surface area contributed by atoms with E-state index >= 15 is 0 Å². The largest absolute Gasteiger partial charge is 0.495 e. The van der Waals surface area contributed by atoms with E-state index in [1.165, 1.54) is 0 Å². The molecule has 1 aliphatic heterocycles. The van der Waals surface area contributed by atoms with Crippen molar-refractivity contribution >= 4 is 11.6 Å². The lowest BCUT2D eigenvalue weighted by Crippen LogP contribution is -2.43. The normalized spacial score (nSPS) is 15.6. The van der Waals surface area contributed by atoms with E-state index in [4.69, 9.17) is 14.2 Å². The third kappa shape index (κ3) is 4.46. The number of rotatable bonds is 7. The highest BCUT2D eigenvalue weighted by Gasteiger charge is 2.23. The fraction of sp³-hybridized carbons (Fsp3) is 0.350. The van der Waals surface area contributed by atoms with Crippen LogP contribution in [0.25, 0.3) is 0 Å². The minimum Gasteiger partial charge on any atom is -0.495 e. The summed E-state index contributed by atoms with van der Waals surface area (Å²) in [7, 11) is 1.58. The standard InChI is InChI=1S/C20H24N2O4/c1-3-22(12-15-14-25-18-10-6-7-11-19(18)26-15)13-20(23)21-16-8-4-5-9-17(16)24-2/h4-11,15H,3,12-14H2,1-2H3,(H,21,23). The molecule has 3 rings (SSSR count). The number of anilines is 1. The molecule has 0 aliphatic carbocycles. The monoisotopic (exact) mass is 356 g/mol. The molecule has 1 aliphatic rings. The highest BCUT2D eigenvalue weighted by atomic mass is 16.6. The summed E-state index contributed by atoms with van der Waals surface area (Å²) in [5.41, 5.74) is 0.669. The van der Waals surface area contributed by atoms with Crippen LogP contribution in [0.3, 0.4) is 0 Å². The summed E-state index contributed by atoms with van der Waals surface area (Å²) in [6.07, 6.45) is -0.107. The van der Waals surface area contributed by atoms with Crippen molar-refractivity contribution in [1.82, 2.24) is 4.90 Å². The van der Waals surface area contributed by atoms with Gasteiger partial charge in [-0.25, -0.2) is 0 Å². The molecule has 138 valence electrons. The van der Waals surface area contributed by atoms with E-state index < -0.39 is 0 Å². The molecule has 0 spiro atoms. The van der Waals surface area contributed by atoms with Gasteiger partial charge in [-0.2, -0.15) is 0 Å². The molecule has 26 heavy (non-hydrogen) atoms. The molecule has 0 aromatic heterocycles. The number of ether oxygens (including phenoxy) is 3. The summed E-state index contributed by atoms with van der Waals surface area (Å²) < 4.78 is 17.0. The number of nitrogens with zero attached hydrogens (tertiary/aromatic N) is 1. The molecule has 1 unspecified atom stereocenters. The Labute approximate surface area is 153 Å². The number of hydrogen-bond donors (Lipinski definition) is 1. The van der Waals surface area contributed by atoms with Crippen LogP contribution in [0.1, 0.15) is 6.92 Å². The average Bonchev–Trinajstić information content (AvgIpc) is 2.67. The molecular formula is C20H24N2O4. The van der Waals surface area contributed by atoms with Crippen molar-refractivity contribution in [2.24, 2.45) is 0 Å². The van der Waals surface area contributed by atoms with Gasteiger partial charge in [0.25, 0.3) is 0 Å². The molecule has 1 heterocycles. The van der Waals surface area contributed by atoms with Crippen LogP contribution in [0, 0.1) is 0 Å².